The fourth-order valence-corrected chi connectivity index (χ4v) is 3.30. The Hall–Kier alpha value is -3.27. The van der Waals surface area contributed by atoms with Crippen molar-refractivity contribution in [3.05, 3.63) is 58.8 Å². The topological polar surface area (TPSA) is 105 Å². The monoisotopic (exact) mass is 446 g/mol. The highest BCUT2D eigenvalue weighted by molar-refractivity contribution is 5.78. The van der Waals surface area contributed by atoms with E-state index >= 15 is 0 Å². The van der Waals surface area contributed by atoms with Crippen molar-refractivity contribution in [3.63, 3.8) is 0 Å². The lowest BCUT2D eigenvalue weighted by Gasteiger charge is -2.30. The minimum absolute atomic E-state index is 0.0361. The Morgan fingerprint density at radius 2 is 2.03 bits per heavy atom. The summed E-state index contributed by atoms with van der Waals surface area (Å²) in [6, 6.07) is 4.66. The molecule has 4 N–H and O–H groups in total. The number of pyridine rings is 2. The maximum absolute atomic E-state index is 12.7. The van der Waals surface area contributed by atoms with Gasteiger partial charge in [0.2, 0.25) is 11.8 Å². The molecule has 0 radical (unpaired) electrons. The van der Waals surface area contributed by atoms with Crippen LogP contribution < -0.4 is 21.3 Å². The van der Waals surface area contributed by atoms with Crippen LogP contribution in [0.4, 0.5) is 14.5 Å². The summed E-state index contributed by atoms with van der Waals surface area (Å²) in [6.07, 6.45) is 1.18. The standard InChI is InChI=1S/C22H28F2N6O2/c1-13(2)22(31)30-7-6-15-8-20(27-9-16(15)11-30)32-12-19(14(3)29-25)28-17-4-5-18(21(23)24)26-10-17/h4-5,8-10,13,21,28-29H,6-7,11-12,25H2,1-3H3/b19-14-. The molecular formula is C22H28F2N6O2. The van der Waals surface area contributed by atoms with Crippen LogP contribution in [0.3, 0.4) is 0 Å². The summed E-state index contributed by atoms with van der Waals surface area (Å²) >= 11 is 0. The zero-order valence-corrected chi connectivity index (χ0v) is 18.4. The minimum Gasteiger partial charge on any atom is -0.471 e. The van der Waals surface area contributed by atoms with Gasteiger partial charge in [-0.3, -0.25) is 15.6 Å². The molecule has 0 unspecified atom stereocenters. The molecule has 172 valence electrons. The number of carbonyl (C=O) groups excluding carboxylic acids is 1. The van der Waals surface area contributed by atoms with E-state index in [0.29, 0.717) is 36.1 Å². The third-order valence-electron chi connectivity index (χ3n) is 5.21. The third-order valence-corrected chi connectivity index (χ3v) is 5.21. The molecule has 0 spiro atoms. The number of halogens is 2. The van der Waals surface area contributed by atoms with E-state index < -0.39 is 6.43 Å². The quantitative estimate of drug-likeness (QED) is 0.423. The Balaban J connectivity index is 1.66. The first-order valence-corrected chi connectivity index (χ1v) is 10.3. The van der Waals surface area contributed by atoms with Gasteiger partial charge in [0.1, 0.15) is 12.3 Å². The first kappa shape index (κ1) is 23.4. The maximum atomic E-state index is 12.7. The molecule has 8 nitrogen and oxygen atoms in total. The van der Waals surface area contributed by atoms with Gasteiger partial charge in [0.25, 0.3) is 6.43 Å². The lowest BCUT2D eigenvalue weighted by molar-refractivity contribution is -0.135. The Labute approximate surface area is 185 Å². The maximum Gasteiger partial charge on any atom is 0.280 e. The van der Waals surface area contributed by atoms with Crippen molar-refractivity contribution in [3.8, 4) is 5.88 Å². The van der Waals surface area contributed by atoms with Gasteiger partial charge < -0.3 is 20.4 Å². The number of rotatable bonds is 8. The lowest BCUT2D eigenvalue weighted by Crippen LogP contribution is -2.38. The van der Waals surface area contributed by atoms with Crippen molar-refractivity contribution in [1.29, 1.82) is 0 Å². The van der Waals surface area contributed by atoms with Gasteiger partial charge in [0, 0.05) is 37.0 Å². The minimum atomic E-state index is -2.62. The number of hydrogen-bond acceptors (Lipinski definition) is 7. The van der Waals surface area contributed by atoms with Crippen LogP contribution in [-0.4, -0.2) is 33.9 Å². The molecule has 3 rings (SSSR count). The first-order valence-electron chi connectivity index (χ1n) is 10.3. The van der Waals surface area contributed by atoms with Gasteiger partial charge in [0.15, 0.2) is 0 Å². The molecule has 1 aliphatic heterocycles. The summed E-state index contributed by atoms with van der Waals surface area (Å²) in [4.78, 5) is 22.2. The highest BCUT2D eigenvalue weighted by Crippen LogP contribution is 2.24. The Kier molecular flexibility index (Phi) is 7.57. The van der Waals surface area contributed by atoms with E-state index in [0.717, 1.165) is 17.5 Å². The van der Waals surface area contributed by atoms with Crippen LogP contribution >= 0.6 is 0 Å². The van der Waals surface area contributed by atoms with E-state index in [9.17, 15) is 13.6 Å². The van der Waals surface area contributed by atoms with Crippen LogP contribution in [0, 0.1) is 5.92 Å². The largest absolute Gasteiger partial charge is 0.471 e. The second-order valence-electron chi connectivity index (χ2n) is 7.89. The van der Waals surface area contributed by atoms with E-state index in [1.54, 1.807) is 13.1 Å². The molecule has 1 aliphatic rings. The molecule has 0 saturated heterocycles. The smallest absolute Gasteiger partial charge is 0.280 e. The van der Waals surface area contributed by atoms with Gasteiger partial charge in [-0.1, -0.05) is 13.8 Å². The number of allylic oxidation sites excluding steroid dienone is 1. The molecule has 0 aromatic carbocycles. The van der Waals surface area contributed by atoms with E-state index in [1.165, 1.54) is 18.3 Å². The number of nitrogens with zero attached hydrogens (tertiary/aromatic N) is 3. The molecule has 1 amide bonds. The highest BCUT2D eigenvalue weighted by Gasteiger charge is 2.23. The second-order valence-corrected chi connectivity index (χ2v) is 7.89. The summed E-state index contributed by atoms with van der Waals surface area (Å²) in [6.45, 7) is 6.88. The normalized spacial score (nSPS) is 14.2. The molecule has 32 heavy (non-hydrogen) atoms. The van der Waals surface area contributed by atoms with Crippen molar-refractivity contribution in [2.75, 3.05) is 18.5 Å². The zero-order valence-electron chi connectivity index (χ0n) is 18.4. The first-order chi connectivity index (χ1) is 15.3. The number of ether oxygens (including phenoxy) is 1. The van der Waals surface area contributed by atoms with Crippen molar-refractivity contribution in [1.82, 2.24) is 20.3 Å². The number of hydrogen-bond donors (Lipinski definition) is 3. The van der Waals surface area contributed by atoms with Gasteiger partial charge >= 0.3 is 0 Å². The molecule has 0 bridgehead atoms. The molecule has 0 fully saturated rings. The number of carbonyl (C=O) groups is 1. The molecular weight excluding hydrogens is 418 g/mol. The predicted octanol–water partition coefficient (Wildman–Crippen LogP) is 3.14. The summed E-state index contributed by atoms with van der Waals surface area (Å²) in [5.41, 5.74) is 6.12. The van der Waals surface area contributed by atoms with Gasteiger partial charge in [-0.25, -0.2) is 13.8 Å². The average molecular weight is 447 g/mol. The van der Waals surface area contributed by atoms with Crippen LogP contribution in [0.25, 0.3) is 0 Å². The molecule has 2 aromatic heterocycles. The fraction of sp³-hybridized carbons (Fsp3) is 0.409. The van der Waals surface area contributed by atoms with Gasteiger partial charge in [-0.15, -0.1) is 0 Å². The van der Waals surface area contributed by atoms with Gasteiger partial charge in [-0.2, -0.15) is 0 Å². The highest BCUT2D eigenvalue weighted by atomic mass is 19.3. The Bertz CT molecular complexity index is 979. The van der Waals surface area contributed by atoms with Crippen molar-refractivity contribution < 1.29 is 18.3 Å². The molecule has 0 saturated carbocycles. The van der Waals surface area contributed by atoms with Crippen molar-refractivity contribution in [2.45, 2.75) is 40.2 Å². The number of nitrogens with one attached hydrogen (secondary N) is 2. The van der Waals surface area contributed by atoms with E-state index in [4.69, 9.17) is 10.6 Å². The number of fused-ring (bicyclic) bond motifs is 1. The number of alkyl halides is 2. The van der Waals surface area contributed by atoms with Gasteiger partial charge in [-0.05, 0) is 36.6 Å². The lowest BCUT2D eigenvalue weighted by atomic mass is 10.0. The number of nitrogens with two attached hydrogens (primary N) is 1. The van der Waals surface area contributed by atoms with Gasteiger partial charge in [0.05, 0.1) is 17.6 Å². The van der Waals surface area contributed by atoms with Crippen molar-refractivity contribution >= 4 is 11.6 Å². The number of aromatic nitrogens is 2. The Morgan fingerprint density at radius 3 is 2.66 bits per heavy atom. The Morgan fingerprint density at radius 1 is 1.25 bits per heavy atom. The molecule has 3 heterocycles. The second kappa shape index (κ2) is 10.4. The molecule has 10 heteroatoms. The summed E-state index contributed by atoms with van der Waals surface area (Å²) in [5, 5.41) is 3.09. The van der Waals surface area contributed by atoms with E-state index in [1.807, 2.05) is 24.8 Å². The fourth-order valence-electron chi connectivity index (χ4n) is 3.30. The summed E-state index contributed by atoms with van der Waals surface area (Å²) < 4.78 is 31.3. The molecule has 0 aliphatic carbocycles. The summed E-state index contributed by atoms with van der Waals surface area (Å²) in [7, 11) is 0. The SMILES string of the molecule is C/C(NN)=C(\COc1cc2c(cn1)CN(C(=O)C(C)C)CC2)Nc1ccc(C(F)F)nc1. The van der Waals surface area contributed by atoms with Crippen LogP contribution in [0.1, 0.15) is 44.0 Å². The van der Waals surface area contributed by atoms with Crippen molar-refractivity contribution in [2.24, 2.45) is 11.8 Å². The molecule has 2 aromatic rings. The third kappa shape index (κ3) is 5.70. The van der Waals surface area contributed by atoms with Crippen LogP contribution in [-0.2, 0) is 17.8 Å². The number of hydrazine groups is 1. The molecule has 0 atom stereocenters. The van der Waals surface area contributed by atoms with Crippen LogP contribution in [0.5, 0.6) is 5.88 Å². The number of amides is 1. The zero-order chi connectivity index (χ0) is 23.3. The van der Waals surface area contributed by atoms with E-state index in [-0.39, 0.29) is 24.1 Å². The average Bonchev–Trinajstić information content (AvgIpc) is 2.80. The van der Waals surface area contributed by atoms with Crippen LogP contribution in [0.15, 0.2) is 42.0 Å². The van der Waals surface area contributed by atoms with E-state index in [2.05, 4.69) is 20.7 Å². The number of anilines is 1. The summed E-state index contributed by atoms with van der Waals surface area (Å²) in [5.74, 6) is 6.09. The predicted molar refractivity (Wildman–Crippen MR) is 117 cm³/mol. The van der Waals surface area contributed by atoms with Crippen LogP contribution in [0.2, 0.25) is 0 Å².